The molecule has 136 valence electrons. The lowest BCUT2D eigenvalue weighted by Gasteiger charge is -2.24. The Labute approximate surface area is 154 Å². The average molecular weight is 351 g/mol. The van der Waals surface area contributed by atoms with E-state index in [0.29, 0.717) is 25.8 Å². The molecule has 2 aromatic carbocycles. The van der Waals surface area contributed by atoms with Crippen molar-refractivity contribution in [1.29, 1.82) is 0 Å². The fourth-order valence-electron chi connectivity index (χ4n) is 3.21. The van der Waals surface area contributed by atoms with Gasteiger partial charge in [0.15, 0.2) is 0 Å². The van der Waals surface area contributed by atoms with Gasteiger partial charge >= 0.3 is 0 Å². The maximum Gasteiger partial charge on any atom is 0.227 e. The van der Waals surface area contributed by atoms with Gasteiger partial charge in [-0.05, 0) is 36.6 Å². The summed E-state index contributed by atoms with van der Waals surface area (Å²) in [6, 6.07) is 17.9. The first-order valence-corrected chi connectivity index (χ1v) is 9.05. The van der Waals surface area contributed by atoms with Crippen LogP contribution in [-0.2, 0) is 16.0 Å². The highest BCUT2D eigenvalue weighted by atomic mass is 16.2. The van der Waals surface area contributed by atoms with Gasteiger partial charge in [0.1, 0.15) is 0 Å². The second-order valence-electron chi connectivity index (χ2n) is 6.69. The molecule has 3 rings (SSSR count). The zero-order valence-electron chi connectivity index (χ0n) is 15.1. The van der Waals surface area contributed by atoms with E-state index in [4.69, 9.17) is 0 Å². The van der Waals surface area contributed by atoms with Crippen LogP contribution in [-0.4, -0.2) is 32.0 Å². The van der Waals surface area contributed by atoms with Crippen molar-refractivity contribution in [3.63, 3.8) is 0 Å². The van der Waals surface area contributed by atoms with Gasteiger partial charge in [0, 0.05) is 43.9 Å². The molecule has 2 amide bonds. The molecule has 2 N–H and O–H groups in total. The van der Waals surface area contributed by atoms with Crippen molar-refractivity contribution >= 4 is 23.2 Å². The number of carbonyl (C=O) groups excluding carboxylic acids is 2. The normalized spacial score (nSPS) is 15.7. The Balaban J connectivity index is 1.40. The fraction of sp³-hybridized carbons (Fsp3) is 0.333. The molecule has 1 heterocycles. The number of amides is 2. The maximum atomic E-state index is 12.2. The van der Waals surface area contributed by atoms with Crippen molar-refractivity contribution in [3.05, 3.63) is 60.2 Å². The van der Waals surface area contributed by atoms with Crippen molar-refractivity contribution < 1.29 is 9.59 Å². The number of rotatable bonds is 7. The van der Waals surface area contributed by atoms with Crippen molar-refractivity contribution in [2.24, 2.45) is 5.92 Å². The van der Waals surface area contributed by atoms with E-state index >= 15 is 0 Å². The fourth-order valence-corrected chi connectivity index (χ4v) is 3.21. The van der Waals surface area contributed by atoms with Gasteiger partial charge in [-0.15, -0.1) is 0 Å². The molecule has 5 nitrogen and oxygen atoms in total. The molecule has 5 heteroatoms. The molecule has 0 saturated carbocycles. The minimum Gasteiger partial charge on any atom is -0.373 e. The summed E-state index contributed by atoms with van der Waals surface area (Å²) in [5, 5.41) is 5.88. The largest absolute Gasteiger partial charge is 0.373 e. The average Bonchev–Trinajstić information content (AvgIpc) is 2.67. The molecular formula is C21H25N3O2. The summed E-state index contributed by atoms with van der Waals surface area (Å²) >= 11 is 0. The molecule has 1 atom stereocenters. The summed E-state index contributed by atoms with van der Waals surface area (Å²) in [6.07, 6.45) is 1.64. The molecule has 0 saturated heterocycles. The molecular weight excluding hydrogens is 326 g/mol. The smallest absolute Gasteiger partial charge is 0.227 e. The number of benzene rings is 2. The quantitative estimate of drug-likeness (QED) is 0.806. The predicted octanol–water partition coefficient (Wildman–Crippen LogP) is 2.83. The van der Waals surface area contributed by atoms with E-state index in [1.165, 1.54) is 0 Å². The van der Waals surface area contributed by atoms with E-state index in [2.05, 4.69) is 15.5 Å². The van der Waals surface area contributed by atoms with Gasteiger partial charge in [-0.2, -0.15) is 0 Å². The molecule has 0 unspecified atom stereocenters. The Morgan fingerprint density at radius 2 is 1.88 bits per heavy atom. The molecule has 1 aliphatic rings. The van der Waals surface area contributed by atoms with Crippen LogP contribution in [0.25, 0.3) is 0 Å². The lowest BCUT2D eigenvalue weighted by Crippen LogP contribution is -2.34. The van der Waals surface area contributed by atoms with Crippen molar-refractivity contribution in [2.75, 3.05) is 30.4 Å². The predicted molar refractivity (Wildman–Crippen MR) is 104 cm³/mol. The highest BCUT2D eigenvalue weighted by Crippen LogP contribution is 2.27. The summed E-state index contributed by atoms with van der Waals surface area (Å²) in [5.74, 6) is -0.124. The molecule has 1 aliphatic heterocycles. The zero-order chi connectivity index (χ0) is 18.4. The van der Waals surface area contributed by atoms with Crippen LogP contribution in [0.2, 0.25) is 0 Å². The molecule has 0 spiro atoms. The van der Waals surface area contributed by atoms with Crippen LogP contribution in [0.3, 0.4) is 0 Å². The van der Waals surface area contributed by atoms with Crippen molar-refractivity contribution in [1.82, 2.24) is 5.32 Å². The number of carbonyl (C=O) groups is 2. The summed E-state index contributed by atoms with van der Waals surface area (Å²) in [6.45, 7) is 1.33. The number of likely N-dealkylation sites (N-methyl/N-ethyl adjacent to an activating group) is 1. The Bertz CT molecular complexity index is 761. The third-order valence-corrected chi connectivity index (χ3v) is 4.80. The van der Waals surface area contributed by atoms with E-state index in [0.717, 1.165) is 23.5 Å². The number of nitrogens with zero attached hydrogens (tertiary/aromatic N) is 1. The van der Waals surface area contributed by atoms with Crippen LogP contribution < -0.4 is 15.5 Å². The number of hydrogen-bond acceptors (Lipinski definition) is 3. The highest BCUT2D eigenvalue weighted by Gasteiger charge is 2.26. The number of para-hydroxylation sites is 2. The molecule has 2 aromatic rings. The lowest BCUT2D eigenvalue weighted by atomic mass is 9.89. The Kier molecular flexibility index (Phi) is 5.89. The summed E-state index contributed by atoms with van der Waals surface area (Å²) in [5.41, 5.74) is 3.16. The number of fused-ring (bicyclic) bond motifs is 1. The van der Waals surface area contributed by atoms with Crippen LogP contribution in [0.15, 0.2) is 54.6 Å². The lowest BCUT2D eigenvalue weighted by molar-refractivity contribution is -0.122. The topological polar surface area (TPSA) is 61.4 Å². The minimum atomic E-state index is -0.136. The van der Waals surface area contributed by atoms with E-state index < -0.39 is 0 Å². The van der Waals surface area contributed by atoms with Crippen LogP contribution in [0.5, 0.6) is 0 Å². The van der Waals surface area contributed by atoms with Gasteiger partial charge in [0.25, 0.3) is 0 Å². The van der Waals surface area contributed by atoms with Gasteiger partial charge in [0.05, 0.1) is 0 Å². The monoisotopic (exact) mass is 351 g/mol. The number of hydrogen-bond donors (Lipinski definition) is 2. The van der Waals surface area contributed by atoms with Crippen molar-refractivity contribution in [3.8, 4) is 0 Å². The second kappa shape index (κ2) is 8.52. The van der Waals surface area contributed by atoms with Gasteiger partial charge < -0.3 is 15.5 Å². The first kappa shape index (κ1) is 18.0. The van der Waals surface area contributed by atoms with E-state index in [9.17, 15) is 9.59 Å². The third kappa shape index (κ3) is 4.63. The minimum absolute atomic E-state index is 0.00174. The summed E-state index contributed by atoms with van der Waals surface area (Å²) < 4.78 is 0. The van der Waals surface area contributed by atoms with Crippen LogP contribution >= 0.6 is 0 Å². The number of nitrogens with one attached hydrogen (secondary N) is 2. The third-order valence-electron chi connectivity index (χ3n) is 4.80. The molecule has 0 aromatic heterocycles. The summed E-state index contributed by atoms with van der Waals surface area (Å²) in [7, 11) is 2.01. The Morgan fingerprint density at radius 1 is 1.15 bits per heavy atom. The highest BCUT2D eigenvalue weighted by molar-refractivity contribution is 5.96. The Morgan fingerprint density at radius 3 is 2.69 bits per heavy atom. The SMILES string of the molecule is CN(CCNC(=O)CC[C@H]1Cc2ccccc2NC1=O)c1ccccc1. The molecule has 26 heavy (non-hydrogen) atoms. The van der Waals surface area contributed by atoms with Gasteiger partial charge in [-0.25, -0.2) is 0 Å². The van der Waals surface area contributed by atoms with E-state index in [-0.39, 0.29) is 17.7 Å². The van der Waals surface area contributed by atoms with Gasteiger partial charge in [-0.3, -0.25) is 9.59 Å². The van der Waals surface area contributed by atoms with Gasteiger partial charge in [0.2, 0.25) is 11.8 Å². The molecule has 0 fully saturated rings. The summed E-state index contributed by atoms with van der Waals surface area (Å²) in [4.78, 5) is 26.4. The Hall–Kier alpha value is -2.82. The van der Waals surface area contributed by atoms with Crippen LogP contribution in [0, 0.1) is 5.92 Å². The van der Waals surface area contributed by atoms with Crippen LogP contribution in [0.4, 0.5) is 11.4 Å². The second-order valence-corrected chi connectivity index (χ2v) is 6.69. The zero-order valence-corrected chi connectivity index (χ0v) is 15.1. The van der Waals surface area contributed by atoms with Crippen molar-refractivity contribution in [2.45, 2.75) is 19.3 Å². The van der Waals surface area contributed by atoms with Crippen LogP contribution in [0.1, 0.15) is 18.4 Å². The van der Waals surface area contributed by atoms with E-state index in [1.807, 2.05) is 61.6 Å². The number of anilines is 2. The molecule has 0 radical (unpaired) electrons. The van der Waals surface area contributed by atoms with Gasteiger partial charge in [-0.1, -0.05) is 36.4 Å². The molecule has 0 bridgehead atoms. The molecule has 0 aliphatic carbocycles. The first-order chi connectivity index (χ1) is 12.6. The first-order valence-electron chi connectivity index (χ1n) is 9.05. The van der Waals surface area contributed by atoms with E-state index in [1.54, 1.807) is 0 Å². The standard InChI is InChI=1S/C21H25N3O2/c1-24(18-8-3-2-4-9-18)14-13-22-20(25)12-11-17-15-16-7-5-6-10-19(16)23-21(17)26/h2-10,17H,11-15H2,1H3,(H,22,25)(H,23,26)/t17-/m0/s1. The maximum absolute atomic E-state index is 12.2.